The molecule has 0 unspecified atom stereocenters. The molecule has 0 saturated heterocycles. The van der Waals surface area contributed by atoms with Gasteiger partial charge < -0.3 is 30.6 Å². The first-order valence-corrected chi connectivity index (χ1v) is 4.69. The van der Waals surface area contributed by atoms with E-state index in [1.54, 1.807) is 0 Å². The molecule has 0 aliphatic carbocycles. The van der Waals surface area contributed by atoms with Crippen molar-refractivity contribution in [2.24, 2.45) is 0 Å². The van der Waals surface area contributed by atoms with E-state index >= 15 is 0 Å². The van der Waals surface area contributed by atoms with Crippen molar-refractivity contribution >= 4 is 35.8 Å². The summed E-state index contributed by atoms with van der Waals surface area (Å²) in [5, 5.41) is 46.2. The number of carboxylic acids is 6. The van der Waals surface area contributed by atoms with E-state index in [0.29, 0.717) is 0 Å². The quantitative estimate of drug-likeness (QED) is 0.215. The van der Waals surface area contributed by atoms with Gasteiger partial charge in [0.05, 0.1) is 0 Å². The molecule has 0 saturated carbocycles. The van der Waals surface area contributed by atoms with E-state index in [1.807, 2.05) is 0 Å². The van der Waals surface area contributed by atoms with E-state index in [1.165, 1.54) is 0 Å². The SMILES string of the molecule is O=C(O)CC(=O)O.O=C(O)CC(=O)O.O=C(O)CC(=O)O.[Mn].[Mn]. The van der Waals surface area contributed by atoms with Gasteiger partial charge in [0, 0.05) is 34.1 Å². The summed E-state index contributed by atoms with van der Waals surface area (Å²) in [4.78, 5) is 56.6. The molecule has 0 aromatic carbocycles. The van der Waals surface area contributed by atoms with E-state index in [2.05, 4.69) is 0 Å². The van der Waals surface area contributed by atoms with Gasteiger partial charge in [0.15, 0.2) is 0 Å². The molecular formula is C9H12Mn2O12. The van der Waals surface area contributed by atoms with Crippen LogP contribution < -0.4 is 0 Å². The van der Waals surface area contributed by atoms with Crippen molar-refractivity contribution in [1.29, 1.82) is 0 Å². The summed E-state index contributed by atoms with van der Waals surface area (Å²) in [5.74, 6) is -7.88. The molecule has 0 aliphatic rings. The molecule has 0 fully saturated rings. The first-order valence-electron chi connectivity index (χ1n) is 4.69. The fourth-order valence-electron chi connectivity index (χ4n) is 0.388. The van der Waals surface area contributed by atoms with Crippen LogP contribution in [0.15, 0.2) is 0 Å². The minimum Gasteiger partial charge on any atom is -0.481 e. The van der Waals surface area contributed by atoms with Gasteiger partial charge in [-0.3, -0.25) is 28.8 Å². The van der Waals surface area contributed by atoms with Crippen molar-refractivity contribution in [2.75, 3.05) is 0 Å². The Morgan fingerprint density at radius 1 is 0.391 bits per heavy atom. The Kier molecular flexibility index (Phi) is 28.2. The van der Waals surface area contributed by atoms with Crippen LogP contribution in [-0.2, 0) is 62.9 Å². The zero-order valence-electron chi connectivity index (χ0n) is 11.0. The van der Waals surface area contributed by atoms with Crippen molar-refractivity contribution in [3.63, 3.8) is 0 Å². The molecule has 23 heavy (non-hydrogen) atoms. The second-order valence-electron chi connectivity index (χ2n) is 2.89. The maximum Gasteiger partial charge on any atom is 0.314 e. The van der Waals surface area contributed by atoms with Gasteiger partial charge in [-0.05, 0) is 0 Å². The number of carboxylic acid groups (broad SMARTS) is 6. The molecule has 2 radical (unpaired) electrons. The Morgan fingerprint density at radius 3 is 0.478 bits per heavy atom. The fourth-order valence-corrected chi connectivity index (χ4v) is 0.388. The minimum absolute atomic E-state index is 0. The normalized spacial score (nSPS) is 7.30. The van der Waals surface area contributed by atoms with Crippen LogP contribution in [0.5, 0.6) is 0 Å². The Morgan fingerprint density at radius 2 is 0.478 bits per heavy atom. The van der Waals surface area contributed by atoms with Crippen LogP contribution >= 0.6 is 0 Å². The van der Waals surface area contributed by atoms with Gasteiger partial charge in [0.2, 0.25) is 0 Å². The topological polar surface area (TPSA) is 224 Å². The average Bonchev–Trinajstić information content (AvgIpc) is 2.10. The molecule has 14 heteroatoms. The fraction of sp³-hybridized carbons (Fsp3) is 0.333. The number of aliphatic carboxylic acids is 6. The van der Waals surface area contributed by atoms with Crippen molar-refractivity contribution in [3.05, 3.63) is 0 Å². The van der Waals surface area contributed by atoms with E-state index < -0.39 is 55.1 Å². The smallest absolute Gasteiger partial charge is 0.314 e. The number of hydrogen-bond donors (Lipinski definition) is 6. The predicted octanol–water partition coefficient (Wildman–Crippen LogP) is -1.37. The zero-order chi connectivity index (χ0) is 17.6. The second kappa shape index (κ2) is 19.9. The van der Waals surface area contributed by atoms with Crippen LogP contribution in [0.4, 0.5) is 0 Å². The summed E-state index contributed by atoms with van der Waals surface area (Å²) in [7, 11) is 0. The number of hydrogen-bond acceptors (Lipinski definition) is 6. The van der Waals surface area contributed by atoms with Gasteiger partial charge in [-0.2, -0.15) is 0 Å². The van der Waals surface area contributed by atoms with Gasteiger partial charge in [0.25, 0.3) is 0 Å². The molecule has 0 heterocycles. The van der Waals surface area contributed by atoms with E-state index in [-0.39, 0.29) is 34.1 Å². The molecule has 12 nitrogen and oxygen atoms in total. The minimum atomic E-state index is -1.31. The van der Waals surface area contributed by atoms with E-state index in [4.69, 9.17) is 30.6 Å². The molecule has 0 amide bonds. The van der Waals surface area contributed by atoms with Crippen LogP contribution in [0.1, 0.15) is 19.3 Å². The molecule has 134 valence electrons. The van der Waals surface area contributed by atoms with Crippen molar-refractivity contribution in [3.8, 4) is 0 Å². The molecule has 0 aromatic rings. The molecule has 0 aliphatic heterocycles. The van der Waals surface area contributed by atoms with Gasteiger partial charge in [-0.15, -0.1) is 0 Å². The molecule has 6 N–H and O–H groups in total. The van der Waals surface area contributed by atoms with E-state index in [9.17, 15) is 28.8 Å². The largest absolute Gasteiger partial charge is 0.481 e. The Balaban J connectivity index is -0.0000000675. The molecule has 0 aromatic heterocycles. The summed E-state index contributed by atoms with van der Waals surface area (Å²) in [6.07, 6.45) is -2.42. The Labute approximate surface area is 149 Å². The summed E-state index contributed by atoms with van der Waals surface area (Å²) in [5.41, 5.74) is 0. The van der Waals surface area contributed by atoms with Crippen molar-refractivity contribution < 1.29 is 93.5 Å². The van der Waals surface area contributed by atoms with Crippen molar-refractivity contribution in [2.45, 2.75) is 19.3 Å². The second-order valence-corrected chi connectivity index (χ2v) is 2.89. The van der Waals surface area contributed by atoms with Crippen molar-refractivity contribution in [1.82, 2.24) is 0 Å². The third kappa shape index (κ3) is 65.2. The maximum absolute atomic E-state index is 9.43. The predicted molar refractivity (Wildman–Crippen MR) is 59.7 cm³/mol. The number of rotatable bonds is 6. The first kappa shape index (κ1) is 32.7. The van der Waals surface area contributed by atoms with Crippen LogP contribution in [0.25, 0.3) is 0 Å². The molecule has 0 atom stereocenters. The Hall–Kier alpha value is -2.14. The first-order chi connectivity index (χ1) is 9.38. The third-order valence-electron chi connectivity index (χ3n) is 0.907. The standard InChI is InChI=1S/3C3H4O4.2Mn/c3*4-2(5)1-3(6)7;;/h3*1H2,(H,4,5)(H,6,7);;. The Bertz CT molecular complexity index is 321. The van der Waals surface area contributed by atoms with Crippen LogP contribution in [0, 0.1) is 0 Å². The molecule has 0 spiro atoms. The van der Waals surface area contributed by atoms with Gasteiger partial charge >= 0.3 is 35.8 Å². The van der Waals surface area contributed by atoms with Gasteiger partial charge in [0.1, 0.15) is 19.3 Å². The summed E-state index contributed by atoms with van der Waals surface area (Å²) in [6, 6.07) is 0. The summed E-state index contributed by atoms with van der Waals surface area (Å²) >= 11 is 0. The van der Waals surface area contributed by atoms with Crippen LogP contribution in [0.3, 0.4) is 0 Å². The van der Waals surface area contributed by atoms with Gasteiger partial charge in [-0.1, -0.05) is 0 Å². The average molecular weight is 422 g/mol. The molecule has 0 bridgehead atoms. The molecular weight excluding hydrogens is 410 g/mol. The monoisotopic (exact) mass is 422 g/mol. The summed E-state index contributed by atoms with van der Waals surface area (Å²) in [6.45, 7) is 0. The maximum atomic E-state index is 9.43. The summed E-state index contributed by atoms with van der Waals surface area (Å²) < 4.78 is 0. The molecule has 0 rings (SSSR count). The zero-order valence-corrected chi connectivity index (χ0v) is 13.4. The number of carbonyl (C=O) groups is 6. The van der Waals surface area contributed by atoms with Gasteiger partial charge in [-0.25, -0.2) is 0 Å². The van der Waals surface area contributed by atoms with E-state index in [0.717, 1.165) is 0 Å². The van der Waals surface area contributed by atoms with Crippen LogP contribution in [0.2, 0.25) is 0 Å². The third-order valence-corrected chi connectivity index (χ3v) is 0.907. The van der Waals surface area contributed by atoms with Crippen LogP contribution in [-0.4, -0.2) is 66.5 Å².